The Morgan fingerprint density at radius 1 is 1.16 bits per heavy atom. The van der Waals surface area contributed by atoms with Gasteiger partial charge in [-0.15, -0.1) is 0 Å². The Hall–Kier alpha value is -1.87. The number of nitrogens with zero attached hydrogens (tertiary/aromatic N) is 1. The highest BCUT2D eigenvalue weighted by atomic mass is 16.5. The zero-order valence-corrected chi connectivity index (χ0v) is 10.8. The molecule has 3 nitrogen and oxygen atoms in total. The summed E-state index contributed by atoms with van der Waals surface area (Å²) < 4.78 is 6.09. The molecule has 3 heteroatoms. The van der Waals surface area contributed by atoms with E-state index in [1.165, 1.54) is 5.56 Å². The number of ether oxygens (including phenoxy) is 1. The van der Waals surface area contributed by atoms with Crippen molar-refractivity contribution in [2.45, 2.75) is 24.9 Å². The molecule has 1 aromatic carbocycles. The topological polar surface area (TPSA) is 48.1 Å². The molecule has 2 aromatic rings. The summed E-state index contributed by atoms with van der Waals surface area (Å²) in [4.78, 5) is 4.41. The van der Waals surface area contributed by atoms with Crippen molar-refractivity contribution < 1.29 is 4.74 Å². The maximum absolute atomic E-state index is 6.09. The molecule has 2 N–H and O–H groups in total. The Balaban J connectivity index is 1.92. The number of nitrogens with two attached hydrogens (primary N) is 1. The Morgan fingerprint density at radius 3 is 2.79 bits per heavy atom. The molecule has 0 fully saturated rings. The lowest BCUT2D eigenvalue weighted by atomic mass is 9.86. The Labute approximate surface area is 113 Å². The smallest absolute Gasteiger partial charge is 0.141 e. The molecule has 3 rings (SSSR count). The van der Waals surface area contributed by atoms with Crippen LogP contribution in [0, 0.1) is 0 Å². The second-order valence-electron chi connectivity index (χ2n) is 4.91. The SMILES string of the molecule is NCCC1CC(c2ccccn2)Oc2ccccc21. The Kier molecular flexibility index (Phi) is 3.47. The fraction of sp³-hybridized carbons (Fsp3) is 0.312. The minimum atomic E-state index is 0.0349. The lowest BCUT2D eigenvalue weighted by Crippen LogP contribution is -2.21. The average molecular weight is 254 g/mol. The quantitative estimate of drug-likeness (QED) is 0.915. The van der Waals surface area contributed by atoms with Crippen LogP contribution in [0.2, 0.25) is 0 Å². The number of aromatic nitrogens is 1. The highest BCUT2D eigenvalue weighted by molar-refractivity contribution is 5.39. The van der Waals surface area contributed by atoms with Crippen molar-refractivity contribution in [2.75, 3.05) is 6.54 Å². The normalized spacial score (nSPS) is 21.5. The average Bonchev–Trinajstić information content (AvgIpc) is 2.48. The predicted molar refractivity (Wildman–Crippen MR) is 75.1 cm³/mol. The third-order valence-electron chi connectivity index (χ3n) is 3.66. The van der Waals surface area contributed by atoms with Crippen molar-refractivity contribution in [2.24, 2.45) is 5.73 Å². The van der Waals surface area contributed by atoms with Gasteiger partial charge in [-0.1, -0.05) is 24.3 Å². The molecule has 0 aliphatic carbocycles. The number of para-hydroxylation sites is 1. The summed E-state index contributed by atoms with van der Waals surface area (Å²) >= 11 is 0. The van der Waals surface area contributed by atoms with Crippen molar-refractivity contribution >= 4 is 0 Å². The monoisotopic (exact) mass is 254 g/mol. The van der Waals surface area contributed by atoms with E-state index in [1.807, 2.05) is 36.5 Å². The first-order chi connectivity index (χ1) is 9.38. The van der Waals surface area contributed by atoms with E-state index < -0.39 is 0 Å². The van der Waals surface area contributed by atoms with E-state index in [-0.39, 0.29) is 6.10 Å². The van der Waals surface area contributed by atoms with Crippen LogP contribution in [0.15, 0.2) is 48.7 Å². The molecular weight excluding hydrogens is 236 g/mol. The van der Waals surface area contributed by atoms with Crippen LogP contribution < -0.4 is 10.5 Å². The van der Waals surface area contributed by atoms with Gasteiger partial charge in [0.25, 0.3) is 0 Å². The van der Waals surface area contributed by atoms with Gasteiger partial charge in [0.2, 0.25) is 0 Å². The van der Waals surface area contributed by atoms with Crippen LogP contribution in [0.3, 0.4) is 0 Å². The van der Waals surface area contributed by atoms with Gasteiger partial charge < -0.3 is 10.5 Å². The number of benzene rings is 1. The highest BCUT2D eigenvalue weighted by Gasteiger charge is 2.29. The number of hydrogen-bond donors (Lipinski definition) is 1. The standard InChI is InChI=1S/C16H18N2O/c17-9-8-12-11-16(14-6-3-4-10-18-14)19-15-7-2-1-5-13(12)15/h1-7,10,12,16H,8-9,11,17H2. The molecule has 2 unspecified atom stereocenters. The molecule has 19 heavy (non-hydrogen) atoms. The zero-order chi connectivity index (χ0) is 13.1. The number of fused-ring (bicyclic) bond motifs is 1. The van der Waals surface area contributed by atoms with Crippen LogP contribution in [-0.2, 0) is 0 Å². The summed E-state index contributed by atoms with van der Waals surface area (Å²) in [5, 5.41) is 0. The summed E-state index contributed by atoms with van der Waals surface area (Å²) in [6, 6.07) is 14.2. The van der Waals surface area contributed by atoms with Crippen molar-refractivity contribution in [3.63, 3.8) is 0 Å². The maximum atomic E-state index is 6.09. The molecule has 0 saturated heterocycles. The lowest BCUT2D eigenvalue weighted by Gasteiger charge is -2.31. The van der Waals surface area contributed by atoms with E-state index in [1.54, 1.807) is 0 Å². The van der Waals surface area contributed by atoms with E-state index >= 15 is 0 Å². The fourth-order valence-electron chi connectivity index (χ4n) is 2.73. The van der Waals surface area contributed by atoms with Gasteiger partial charge in [-0.2, -0.15) is 0 Å². The number of rotatable bonds is 3. The van der Waals surface area contributed by atoms with Gasteiger partial charge in [0, 0.05) is 6.20 Å². The second-order valence-corrected chi connectivity index (χ2v) is 4.91. The van der Waals surface area contributed by atoms with E-state index in [0.29, 0.717) is 12.5 Å². The third kappa shape index (κ3) is 2.47. The van der Waals surface area contributed by atoms with Gasteiger partial charge in [-0.05, 0) is 49.1 Å². The molecule has 2 atom stereocenters. The minimum absolute atomic E-state index is 0.0349. The number of hydrogen-bond acceptors (Lipinski definition) is 3. The van der Waals surface area contributed by atoms with Gasteiger partial charge in [0.1, 0.15) is 11.9 Å². The largest absolute Gasteiger partial charge is 0.484 e. The van der Waals surface area contributed by atoms with Crippen LogP contribution in [0.1, 0.15) is 36.1 Å². The van der Waals surface area contributed by atoms with Gasteiger partial charge in [0.05, 0.1) is 5.69 Å². The van der Waals surface area contributed by atoms with Crippen molar-refractivity contribution in [3.8, 4) is 5.75 Å². The molecule has 0 spiro atoms. The Morgan fingerprint density at radius 2 is 2.00 bits per heavy atom. The van der Waals surface area contributed by atoms with Gasteiger partial charge in [0.15, 0.2) is 0 Å². The van der Waals surface area contributed by atoms with Crippen molar-refractivity contribution in [1.29, 1.82) is 0 Å². The van der Waals surface area contributed by atoms with Crippen molar-refractivity contribution in [3.05, 3.63) is 59.9 Å². The summed E-state index contributed by atoms with van der Waals surface area (Å²) in [5.41, 5.74) is 8.02. The minimum Gasteiger partial charge on any atom is -0.484 e. The molecular formula is C16H18N2O. The summed E-state index contributed by atoms with van der Waals surface area (Å²) in [7, 11) is 0. The van der Waals surface area contributed by atoms with Crippen LogP contribution in [-0.4, -0.2) is 11.5 Å². The molecule has 1 aliphatic rings. The lowest BCUT2D eigenvalue weighted by molar-refractivity contribution is 0.154. The first-order valence-electron chi connectivity index (χ1n) is 6.75. The second kappa shape index (κ2) is 5.41. The number of pyridine rings is 1. The van der Waals surface area contributed by atoms with Gasteiger partial charge in [-0.3, -0.25) is 4.98 Å². The van der Waals surface area contributed by atoms with Gasteiger partial charge in [-0.25, -0.2) is 0 Å². The van der Waals surface area contributed by atoms with E-state index in [9.17, 15) is 0 Å². The van der Waals surface area contributed by atoms with Crippen LogP contribution in [0.25, 0.3) is 0 Å². The van der Waals surface area contributed by atoms with Crippen LogP contribution in [0.4, 0.5) is 0 Å². The first kappa shape index (κ1) is 12.2. The third-order valence-corrected chi connectivity index (χ3v) is 3.66. The first-order valence-corrected chi connectivity index (χ1v) is 6.75. The predicted octanol–water partition coefficient (Wildman–Crippen LogP) is 3.04. The van der Waals surface area contributed by atoms with E-state index in [4.69, 9.17) is 10.5 Å². The molecule has 1 aliphatic heterocycles. The molecule has 0 saturated carbocycles. The molecule has 0 amide bonds. The molecule has 0 bridgehead atoms. The summed E-state index contributed by atoms with van der Waals surface area (Å²) in [6.45, 7) is 0.702. The molecule has 0 radical (unpaired) electrons. The summed E-state index contributed by atoms with van der Waals surface area (Å²) in [6.07, 6.45) is 3.79. The van der Waals surface area contributed by atoms with Crippen LogP contribution >= 0.6 is 0 Å². The van der Waals surface area contributed by atoms with Gasteiger partial charge >= 0.3 is 0 Å². The van der Waals surface area contributed by atoms with Crippen LogP contribution in [0.5, 0.6) is 5.75 Å². The van der Waals surface area contributed by atoms with Crippen molar-refractivity contribution in [1.82, 2.24) is 4.98 Å². The highest BCUT2D eigenvalue weighted by Crippen LogP contribution is 2.42. The molecule has 2 heterocycles. The van der Waals surface area contributed by atoms with E-state index in [0.717, 1.165) is 24.3 Å². The fourth-order valence-corrected chi connectivity index (χ4v) is 2.73. The summed E-state index contributed by atoms with van der Waals surface area (Å²) in [5.74, 6) is 1.44. The molecule has 1 aromatic heterocycles. The Bertz CT molecular complexity index is 541. The molecule has 98 valence electrons. The maximum Gasteiger partial charge on any atom is 0.141 e. The van der Waals surface area contributed by atoms with E-state index in [2.05, 4.69) is 17.1 Å². The zero-order valence-electron chi connectivity index (χ0n) is 10.8.